The summed E-state index contributed by atoms with van der Waals surface area (Å²) in [5.41, 5.74) is 2.28. The maximum absolute atomic E-state index is 12.5. The Kier molecular flexibility index (Phi) is 5.31. The average Bonchev–Trinajstić information content (AvgIpc) is 3.02. The number of nitrogens with zero attached hydrogens (tertiary/aromatic N) is 1. The van der Waals surface area contributed by atoms with Gasteiger partial charge in [-0.3, -0.25) is 9.69 Å². The molecule has 3 nitrogen and oxygen atoms in total. The molecule has 23 heavy (non-hydrogen) atoms. The predicted octanol–water partition coefficient (Wildman–Crippen LogP) is 3.62. The van der Waals surface area contributed by atoms with Crippen molar-refractivity contribution in [2.75, 3.05) is 6.54 Å². The first-order valence-corrected chi connectivity index (χ1v) is 8.40. The maximum atomic E-state index is 12.5. The Morgan fingerprint density at radius 3 is 2.70 bits per heavy atom. The van der Waals surface area contributed by atoms with Gasteiger partial charge in [0.25, 0.3) is 0 Å². The smallest absolute Gasteiger partial charge is 0.237 e. The Balaban J connectivity index is 1.57. The molecule has 1 N–H and O–H groups in total. The lowest BCUT2D eigenvalue weighted by Gasteiger charge is -2.23. The highest BCUT2D eigenvalue weighted by molar-refractivity contribution is 6.30. The standard InChI is InChI=1S/C19H21ClN2O/c20-17-9-4-8-16(12-17)13-21-19(23)18-10-5-11-22(18)14-15-6-2-1-3-7-15/h1-4,6-9,12,18H,5,10-11,13-14H2,(H,21,23)/t18-/m1/s1. The third-order valence-electron chi connectivity index (χ3n) is 4.25. The van der Waals surface area contributed by atoms with Gasteiger partial charge in [0.05, 0.1) is 6.04 Å². The van der Waals surface area contributed by atoms with Gasteiger partial charge >= 0.3 is 0 Å². The Hall–Kier alpha value is -1.84. The minimum Gasteiger partial charge on any atom is -0.351 e. The second kappa shape index (κ2) is 7.62. The van der Waals surface area contributed by atoms with E-state index in [9.17, 15) is 4.79 Å². The van der Waals surface area contributed by atoms with Crippen LogP contribution in [-0.2, 0) is 17.9 Å². The van der Waals surface area contributed by atoms with Gasteiger partial charge in [0.15, 0.2) is 0 Å². The molecule has 1 heterocycles. The Morgan fingerprint density at radius 1 is 1.13 bits per heavy atom. The van der Waals surface area contributed by atoms with E-state index in [0.717, 1.165) is 31.5 Å². The van der Waals surface area contributed by atoms with E-state index in [1.165, 1.54) is 5.56 Å². The molecular weight excluding hydrogens is 308 g/mol. The minimum atomic E-state index is -0.0330. The van der Waals surface area contributed by atoms with Gasteiger partial charge in [-0.2, -0.15) is 0 Å². The summed E-state index contributed by atoms with van der Waals surface area (Å²) in [5, 5.41) is 3.74. The van der Waals surface area contributed by atoms with Crippen LogP contribution in [0.1, 0.15) is 24.0 Å². The van der Waals surface area contributed by atoms with E-state index in [2.05, 4.69) is 22.3 Å². The summed E-state index contributed by atoms with van der Waals surface area (Å²) < 4.78 is 0. The first-order chi connectivity index (χ1) is 11.2. The van der Waals surface area contributed by atoms with Crippen LogP contribution in [0.25, 0.3) is 0 Å². The molecule has 2 aromatic carbocycles. The molecule has 0 aliphatic carbocycles. The van der Waals surface area contributed by atoms with Crippen LogP contribution in [0, 0.1) is 0 Å². The molecule has 3 rings (SSSR count). The molecule has 0 bridgehead atoms. The van der Waals surface area contributed by atoms with E-state index in [0.29, 0.717) is 11.6 Å². The molecule has 0 saturated carbocycles. The molecule has 4 heteroatoms. The van der Waals surface area contributed by atoms with Crippen molar-refractivity contribution in [3.05, 3.63) is 70.7 Å². The SMILES string of the molecule is O=C(NCc1cccc(Cl)c1)[C@H]1CCCN1Cc1ccccc1. The van der Waals surface area contributed by atoms with Gasteiger partial charge in [-0.25, -0.2) is 0 Å². The predicted molar refractivity (Wildman–Crippen MR) is 93.2 cm³/mol. The van der Waals surface area contributed by atoms with Crippen molar-refractivity contribution in [2.45, 2.75) is 32.0 Å². The molecule has 2 aromatic rings. The number of benzene rings is 2. The van der Waals surface area contributed by atoms with Crippen LogP contribution in [0.4, 0.5) is 0 Å². The van der Waals surface area contributed by atoms with Crippen molar-refractivity contribution in [3.8, 4) is 0 Å². The van der Waals surface area contributed by atoms with Gasteiger partial charge in [-0.15, -0.1) is 0 Å². The van der Waals surface area contributed by atoms with E-state index in [-0.39, 0.29) is 11.9 Å². The number of likely N-dealkylation sites (tertiary alicyclic amines) is 1. The zero-order valence-corrected chi connectivity index (χ0v) is 13.8. The normalized spacial score (nSPS) is 18.0. The highest BCUT2D eigenvalue weighted by Crippen LogP contribution is 2.20. The fraction of sp³-hybridized carbons (Fsp3) is 0.316. The number of halogens is 1. The van der Waals surface area contributed by atoms with E-state index < -0.39 is 0 Å². The zero-order valence-electron chi connectivity index (χ0n) is 13.0. The molecule has 1 saturated heterocycles. The average molecular weight is 329 g/mol. The molecule has 0 radical (unpaired) electrons. The van der Waals surface area contributed by atoms with E-state index >= 15 is 0 Å². The van der Waals surface area contributed by atoms with Gasteiger partial charge in [0.2, 0.25) is 5.91 Å². The van der Waals surface area contributed by atoms with Gasteiger partial charge in [0.1, 0.15) is 0 Å². The van der Waals surface area contributed by atoms with Crippen molar-refractivity contribution < 1.29 is 4.79 Å². The van der Waals surface area contributed by atoms with E-state index in [1.54, 1.807) is 0 Å². The fourth-order valence-electron chi connectivity index (χ4n) is 3.08. The van der Waals surface area contributed by atoms with Crippen molar-refractivity contribution in [1.29, 1.82) is 0 Å². The van der Waals surface area contributed by atoms with Crippen LogP contribution < -0.4 is 5.32 Å². The van der Waals surface area contributed by atoms with Crippen molar-refractivity contribution in [3.63, 3.8) is 0 Å². The first-order valence-electron chi connectivity index (χ1n) is 8.02. The summed E-state index contributed by atoms with van der Waals surface area (Å²) in [6.07, 6.45) is 2.00. The first kappa shape index (κ1) is 16.0. The Labute approximate surface area is 142 Å². The molecule has 0 aromatic heterocycles. The van der Waals surface area contributed by atoms with Crippen molar-refractivity contribution in [1.82, 2.24) is 10.2 Å². The molecule has 1 aliphatic heterocycles. The number of carbonyl (C=O) groups is 1. The van der Waals surface area contributed by atoms with Crippen LogP contribution in [0.5, 0.6) is 0 Å². The number of hydrogen-bond acceptors (Lipinski definition) is 2. The molecule has 120 valence electrons. The largest absolute Gasteiger partial charge is 0.351 e. The quantitative estimate of drug-likeness (QED) is 0.909. The number of amides is 1. The van der Waals surface area contributed by atoms with Gasteiger partial charge in [0, 0.05) is 18.1 Å². The third-order valence-corrected chi connectivity index (χ3v) is 4.49. The lowest BCUT2D eigenvalue weighted by Crippen LogP contribution is -2.42. The lowest BCUT2D eigenvalue weighted by atomic mass is 10.1. The summed E-state index contributed by atoms with van der Waals surface area (Å²) in [7, 11) is 0. The number of rotatable bonds is 5. The molecule has 0 spiro atoms. The summed E-state index contributed by atoms with van der Waals surface area (Å²) in [4.78, 5) is 14.8. The molecular formula is C19H21ClN2O. The zero-order chi connectivity index (χ0) is 16.1. The van der Waals surface area contributed by atoms with E-state index in [4.69, 9.17) is 11.6 Å². The highest BCUT2D eigenvalue weighted by Gasteiger charge is 2.30. The Morgan fingerprint density at radius 2 is 1.91 bits per heavy atom. The van der Waals surface area contributed by atoms with Gasteiger partial charge in [-0.05, 0) is 42.6 Å². The molecule has 0 unspecified atom stereocenters. The minimum absolute atomic E-state index is 0.0330. The lowest BCUT2D eigenvalue weighted by molar-refractivity contribution is -0.125. The van der Waals surface area contributed by atoms with Crippen molar-refractivity contribution in [2.24, 2.45) is 0 Å². The van der Waals surface area contributed by atoms with Crippen LogP contribution in [0.3, 0.4) is 0 Å². The van der Waals surface area contributed by atoms with Gasteiger partial charge < -0.3 is 5.32 Å². The van der Waals surface area contributed by atoms with Crippen LogP contribution in [0.2, 0.25) is 5.02 Å². The number of nitrogens with one attached hydrogen (secondary N) is 1. The Bertz CT molecular complexity index is 659. The summed E-state index contributed by atoms with van der Waals surface area (Å²) in [5.74, 6) is 0.110. The number of carbonyl (C=O) groups excluding carboxylic acids is 1. The fourth-order valence-corrected chi connectivity index (χ4v) is 3.30. The maximum Gasteiger partial charge on any atom is 0.237 e. The van der Waals surface area contributed by atoms with Crippen LogP contribution >= 0.6 is 11.6 Å². The second-order valence-electron chi connectivity index (χ2n) is 5.96. The summed E-state index contributed by atoms with van der Waals surface area (Å²) in [6.45, 7) is 2.33. The molecule has 1 amide bonds. The second-order valence-corrected chi connectivity index (χ2v) is 6.40. The molecule has 1 fully saturated rings. The molecule has 1 atom stereocenters. The van der Waals surface area contributed by atoms with Crippen molar-refractivity contribution >= 4 is 17.5 Å². The highest BCUT2D eigenvalue weighted by atomic mass is 35.5. The number of hydrogen-bond donors (Lipinski definition) is 1. The third kappa shape index (κ3) is 4.34. The van der Waals surface area contributed by atoms with Gasteiger partial charge in [-0.1, -0.05) is 54.1 Å². The summed E-state index contributed by atoms with van der Waals surface area (Å²) >= 11 is 5.98. The van der Waals surface area contributed by atoms with Crippen LogP contribution in [-0.4, -0.2) is 23.4 Å². The van der Waals surface area contributed by atoms with E-state index in [1.807, 2.05) is 42.5 Å². The monoisotopic (exact) mass is 328 g/mol. The summed E-state index contributed by atoms with van der Waals surface area (Å²) in [6, 6.07) is 17.9. The van der Waals surface area contributed by atoms with Crippen LogP contribution in [0.15, 0.2) is 54.6 Å². The molecule has 1 aliphatic rings. The topological polar surface area (TPSA) is 32.3 Å².